The first-order valence-corrected chi connectivity index (χ1v) is 6.62. The summed E-state index contributed by atoms with van der Waals surface area (Å²) in [5.41, 5.74) is 8.57. The van der Waals surface area contributed by atoms with Crippen LogP contribution in [0.3, 0.4) is 0 Å². The van der Waals surface area contributed by atoms with Crippen LogP contribution in [0.1, 0.15) is 30.9 Å². The van der Waals surface area contributed by atoms with Crippen LogP contribution in [0, 0.1) is 0 Å². The summed E-state index contributed by atoms with van der Waals surface area (Å²) in [4.78, 5) is 11.4. The highest BCUT2D eigenvalue weighted by Gasteiger charge is 2.20. The molecule has 0 radical (unpaired) electrons. The summed E-state index contributed by atoms with van der Waals surface area (Å²) in [5, 5.41) is 0. The number of oxazole rings is 1. The summed E-state index contributed by atoms with van der Waals surface area (Å²) in [7, 11) is 1.69. The molecule has 2 unspecified atom stereocenters. The van der Waals surface area contributed by atoms with Gasteiger partial charge in [0.05, 0.1) is 11.6 Å². The van der Waals surface area contributed by atoms with E-state index >= 15 is 0 Å². The van der Waals surface area contributed by atoms with Gasteiger partial charge in [-0.25, -0.2) is 4.79 Å². The molecule has 1 aromatic carbocycles. The third kappa shape index (κ3) is 2.31. The average Bonchev–Trinajstić information content (AvgIpc) is 2.99. The minimum atomic E-state index is -0.347. The zero-order valence-corrected chi connectivity index (χ0v) is 11.0. The van der Waals surface area contributed by atoms with Gasteiger partial charge in [0.25, 0.3) is 0 Å². The lowest BCUT2D eigenvalue weighted by atomic mass is 10.00. The molecule has 102 valence electrons. The topological polar surface area (TPSA) is 70.4 Å². The predicted octanol–water partition coefficient (Wildman–Crippen LogP) is 1.70. The van der Waals surface area contributed by atoms with E-state index in [1.54, 1.807) is 7.05 Å². The van der Waals surface area contributed by atoms with Gasteiger partial charge in [-0.3, -0.25) is 4.57 Å². The Hall–Kier alpha value is -1.59. The monoisotopic (exact) mass is 262 g/mol. The van der Waals surface area contributed by atoms with Crippen molar-refractivity contribution in [3.63, 3.8) is 0 Å². The Bertz CT molecular complexity index is 638. The maximum atomic E-state index is 11.4. The molecule has 2 heterocycles. The summed E-state index contributed by atoms with van der Waals surface area (Å²) in [6, 6.07) is 5.61. The molecule has 1 aliphatic heterocycles. The van der Waals surface area contributed by atoms with Gasteiger partial charge in [-0.05, 0) is 37.0 Å². The predicted molar refractivity (Wildman–Crippen MR) is 72.0 cm³/mol. The fraction of sp³-hybridized carbons (Fsp3) is 0.500. The highest BCUT2D eigenvalue weighted by atomic mass is 16.5. The maximum Gasteiger partial charge on any atom is 0.419 e. The molecule has 19 heavy (non-hydrogen) atoms. The molecule has 2 aromatic rings. The molecule has 5 heteroatoms. The van der Waals surface area contributed by atoms with Crippen molar-refractivity contribution in [2.75, 3.05) is 6.61 Å². The van der Waals surface area contributed by atoms with E-state index in [1.165, 1.54) is 4.57 Å². The van der Waals surface area contributed by atoms with Gasteiger partial charge < -0.3 is 14.9 Å². The number of fused-ring (bicyclic) bond motifs is 1. The second-order valence-corrected chi connectivity index (χ2v) is 5.13. The van der Waals surface area contributed by atoms with Gasteiger partial charge in [-0.1, -0.05) is 6.07 Å². The van der Waals surface area contributed by atoms with E-state index in [-0.39, 0.29) is 17.9 Å². The number of rotatable bonds is 3. The van der Waals surface area contributed by atoms with Crippen molar-refractivity contribution < 1.29 is 9.15 Å². The van der Waals surface area contributed by atoms with Crippen molar-refractivity contribution in [2.45, 2.75) is 31.4 Å². The van der Waals surface area contributed by atoms with Crippen LogP contribution in [-0.2, 0) is 11.8 Å². The molecule has 5 nitrogen and oxygen atoms in total. The van der Waals surface area contributed by atoms with E-state index in [0.717, 1.165) is 36.9 Å². The van der Waals surface area contributed by atoms with Crippen molar-refractivity contribution in [3.8, 4) is 0 Å². The van der Waals surface area contributed by atoms with E-state index in [9.17, 15) is 4.79 Å². The van der Waals surface area contributed by atoms with E-state index < -0.39 is 0 Å². The van der Waals surface area contributed by atoms with Crippen molar-refractivity contribution in [3.05, 3.63) is 34.3 Å². The highest BCUT2D eigenvalue weighted by Crippen LogP contribution is 2.25. The first-order chi connectivity index (χ1) is 9.15. The minimum Gasteiger partial charge on any atom is -0.408 e. The number of aromatic nitrogens is 1. The Balaban J connectivity index is 1.85. The first kappa shape index (κ1) is 12.4. The SMILES string of the molecule is Cn1c(=O)oc2cc(C(N)CC3CCCO3)ccc21. The summed E-state index contributed by atoms with van der Waals surface area (Å²) in [6.07, 6.45) is 3.26. The van der Waals surface area contributed by atoms with Crippen LogP contribution in [0.15, 0.2) is 27.4 Å². The smallest absolute Gasteiger partial charge is 0.408 e. The van der Waals surface area contributed by atoms with Gasteiger partial charge in [0.2, 0.25) is 0 Å². The van der Waals surface area contributed by atoms with Crippen LogP contribution in [0.2, 0.25) is 0 Å². The Labute approximate surface area is 111 Å². The average molecular weight is 262 g/mol. The van der Waals surface area contributed by atoms with E-state index in [1.807, 2.05) is 18.2 Å². The molecule has 1 fully saturated rings. The second kappa shape index (κ2) is 4.83. The molecule has 1 saturated heterocycles. The summed E-state index contributed by atoms with van der Waals surface area (Å²) < 4.78 is 12.3. The van der Waals surface area contributed by atoms with Gasteiger partial charge in [-0.15, -0.1) is 0 Å². The number of ether oxygens (including phenoxy) is 1. The molecule has 2 atom stereocenters. The molecule has 1 aliphatic rings. The Morgan fingerprint density at radius 2 is 2.37 bits per heavy atom. The Morgan fingerprint density at radius 1 is 1.53 bits per heavy atom. The molecule has 0 saturated carbocycles. The van der Waals surface area contributed by atoms with Crippen molar-refractivity contribution in [1.29, 1.82) is 0 Å². The first-order valence-electron chi connectivity index (χ1n) is 6.62. The van der Waals surface area contributed by atoms with Gasteiger partial charge in [0.1, 0.15) is 0 Å². The van der Waals surface area contributed by atoms with Crippen LogP contribution in [0.5, 0.6) is 0 Å². The molecule has 0 amide bonds. The maximum absolute atomic E-state index is 11.4. The molecule has 3 rings (SSSR count). The van der Waals surface area contributed by atoms with Crippen molar-refractivity contribution >= 4 is 11.1 Å². The fourth-order valence-corrected chi connectivity index (χ4v) is 2.63. The van der Waals surface area contributed by atoms with Gasteiger partial charge in [0.15, 0.2) is 5.58 Å². The van der Waals surface area contributed by atoms with E-state index in [2.05, 4.69) is 0 Å². The van der Waals surface area contributed by atoms with Crippen LogP contribution < -0.4 is 11.5 Å². The number of hydrogen-bond donors (Lipinski definition) is 1. The number of benzene rings is 1. The third-order valence-electron chi connectivity index (χ3n) is 3.79. The molecule has 1 aromatic heterocycles. The molecule has 0 aliphatic carbocycles. The normalized spacial score (nSPS) is 21.1. The number of nitrogens with two attached hydrogens (primary N) is 1. The van der Waals surface area contributed by atoms with Crippen LogP contribution in [-0.4, -0.2) is 17.3 Å². The van der Waals surface area contributed by atoms with E-state index in [0.29, 0.717) is 5.58 Å². The second-order valence-electron chi connectivity index (χ2n) is 5.13. The van der Waals surface area contributed by atoms with Crippen LogP contribution >= 0.6 is 0 Å². The van der Waals surface area contributed by atoms with Crippen molar-refractivity contribution in [1.82, 2.24) is 4.57 Å². The largest absolute Gasteiger partial charge is 0.419 e. The molecule has 0 bridgehead atoms. The Kier molecular flexibility index (Phi) is 3.16. The number of aryl methyl sites for hydroxylation is 1. The van der Waals surface area contributed by atoms with Crippen molar-refractivity contribution in [2.24, 2.45) is 12.8 Å². The van der Waals surface area contributed by atoms with Gasteiger partial charge in [-0.2, -0.15) is 0 Å². The molecule has 0 spiro atoms. The lowest BCUT2D eigenvalue weighted by Gasteiger charge is -2.16. The van der Waals surface area contributed by atoms with Gasteiger partial charge >= 0.3 is 5.76 Å². The molecule has 2 N–H and O–H groups in total. The Morgan fingerprint density at radius 3 is 3.11 bits per heavy atom. The molecular formula is C14H18N2O3. The quantitative estimate of drug-likeness (QED) is 0.914. The summed E-state index contributed by atoms with van der Waals surface area (Å²) >= 11 is 0. The highest BCUT2D eigenvalue weighted by molar-refractivity contribution is 5.73. The lowest BCUT2D eigenvalue weighted by molar-refractivity contribution is 0.0983. The number of hydrogen-bond acceptors (Lipinski definition) is 4. The lowest BCUT2D eigenvalue weighted by Crippen LogP contribution is -2.18. The standard InChI is InChI=1S/C14H18N2O3/c1-16-12-5-4-9(7-13(12)19-14(16)17)11(15)8-10-3-2-6-18-10/h4-5,7,10-11H,2-3,6,8,15H2,1H3. The third-order valence-corrected chi connectivity index (χ3v) is 3.79. The minimum absolute atomic E-state index is 0.0852. The summed E-state index contributed by atoms with van der Waals surface area (Å²) in [5.74, 6) is -0.347. The van der Waals surface area contributed by atoms with Crippen LogP contribution in [0.25, 0.3) is 11.1 Å². The van der Waals surface area contributed by atoms with E-state index in [4.69, 9.17) is 14.9 Å². The zero-order chi connectivity index (χ0) is 13.4. The zero-order valence-electron chi connectivity index (χ0n) is 11.0. The summed E-state index contributed by atoms with van der Waals surface area (Å²) in [6.45, 7) is 0.837. The molecular weight excluding hydrogens is 244 g/mol. The van der Waals surface area contributed by atoms with Gasteiger partial charge in [0, 0.05) is 19.7 Å². The van der Waals surface area contributed by atoms with Crippen LogP contribution in [0.4, 0.5) is 0 Å². The number of nitrogens with zero attached hydrogens (tertiary/aromatic N) is 1. The fourth-order valence-electron chi connectivity index (χ4n) is 2.63.